The monoisotopic (exact) mass is 307 g/mol. The van der Waals surface area contributed by atoms with Crippen molar-refractivity contribution in [2.45, 2.75) is 25.9 Å². The lowest BCUT2D eigenvalue weighted by atomic mass is 10.1. The highest BCUT2D eigenvalue weighted by Gasteiger charge is 2.25. The molecule has 2 aromatic rings. The highest BCUT2D eigenvalue weighted by molar-refractivity contribution is 6.30. The molecule has 1 aromatic carbocycles. The normalized spacial score (nSPS) is 19.2. The van der Waals surface area contributed by atoms with Gasteiger partial charge in [0.05, 0.1) is 13.2 Å². The summed E-state index contributed by atoms with van der Waals surface area (Å²) in [5, 5.41) is 4.79. The fourth-order valence-corrected chi connectivity index (χ4v) is 2.43. The molecule has 5 nitrogen and oxygen atoms in total. The number of nitrogens with zero attached hydrogens (tertiary/aromatic N) is 3. The summed E-state index contributed by atoms with van der Waals surface area (Å²) >= 11 is 5.92. The average molecular weight is 308 g/mol. The van der Waals surface area contributed by atoms with Gasteiger partial charge < -0.3 is 14.2 Å². The first-order chi connectivity index (χ1) is 10.1. The summed E-state index contributed by atoms with van der Waals surface area (Å²) in [5.74, 6) is 1.54. The minimum absolute atomic E-state index is 0.00276. The van der Waals surface area contributed by atoms with Crippen LogP contribution < -0.4 is 4.90 Å². The number of benzene rings is 1. The predicted molar refractivity (Wildman–Crippen MR) is 80.7 cm³/mol. The van der Waals surface area contributed by atoms with Crippen LogP contribution in [0.1, 0.15) is 37.3 Å². The van der Waals surface area contributed by atoms with Crippen LogP contribution in [0.3, 0.4) is 0 Å². The number of anilines is 1. The molecule has 0 aliphatic carbocycles. The Labute approximate surface area is 128 Å². The van der Waals surface area contributed by atoms with Crippen molar-refractivity contribution in [3.8, 4) is 0 Å². The molecule has 2 heterocycles. The third-order valence-corrected chi connectivity index (χ3v) is 3.77. The molecule has 3 rings (SSSR count). The van der Waals surface area contributed by atoms with Crippen LogP contribution in [0.5, 0.6) is 0 Å². The molecule has 1 fully saturated rings. The molecule has 1 aliphatic rings. The fourth-order valence-electron chi connectivity index (χ4n) is 2.30. The number of hydrogen-bond acceptors (Lipinski definition) is 5. The molecular formula is C15H18ClN3O2. The van der Waals surface area contributed by atoms with Crippen LogP contribution in [0.2, 0.25) is 5.02 Å². The largest absolute Gasteiger partial charge is 0.370 e. The molecule has 0 N–H and O–H groups in total. The highest BCUT2D eigenvalue weighted by atomic mass is 35.5. The number of rotatable bonds is 3. The molecule has 1 aromatic heterocycles. The Bertz CT molecular complexity index is 597. The van der Waals surface area contributed by atoms with Gasteiger partial charge in [-0.2, -0.15) is 4.98 Å². The molecule has 21 heavy (non-hydrogen) atoms. The maximum atomic E-state index is 5.92. The second-order valence-corrected chi connectivity index (χ2v) is 5.88. The van der Waals surface area contributed by atoms with Crippen LogP contribution >= 0.6 is 11.6 Å². The van der Waals surface area contributed by atoms with Crippen LogP contribution in [-0.2, 0) is 4.74 Å². The van der Waals surface area contributed by atoms with Crippen molar-refractivity contribution < 1.29 is 9.26 Å². The van der Waals surface area contributed by atoms with E-state index in [9.17, 15) is 0 Å². The van der Waals surface area contributed by atoms with E-state index in [1.54, 1.807) is 0 Å². The van der Waals surface area contributed by atoms with Crippen molar-refractivity contribution in [1.82, 2.24) is 10.1 Å². The maximum Gasteiger partial charge on any atom is 0.266 e. The Kier molecular flexibility index (Phi) is 4.12. The quantitative estimate of drug-likeness (QED) is 0.869. The molecule has 0 spiro atoms. The van der Waals surface area contributed by atoms with Crippen LogP contribution in [0.15, 0.2) is 28.8 Å². The van der Waals surface area contributed by atoms with Gasteiger partial charge in [0.2, 0.25) is 5.89 Å². The van der Waals surface area contributed by atoms with Crippen LogP contribution in [-0.4, -0.2) is 29.8 Å². The minimum Gasteiger partial charge on any atom is -0.370 e. The van der Waals surface area contributed by atoms with Crippen molar-refractivity contribution >= 4 is 17.5 Å². The molecule has 1 aliphatic heterocycles. The summed E-state index contributed by atoms with van der Waals surface area (Å²) in [6.07, 6.45) is -0.00276. The second-order valence-electron chi connectivity index (χ2n) is 5.44. The third kappa shape index (κ3) is 3.19. The number of hydrogen-bond donors (Lipinski definition) is 0. The SMILES string of the molecule is CC(C)c1nc(N2CCO[C@H](c3ccc(Cl)cc3)C2)no1. The van der Waals surface area contributed by atoms with E-state index in [1.165, 1.54) is 0 Å². The smallest absolute Gasteiger partial charge is 0.266 e. The van der Waals surface area contributed by atoms with Gasteiger partial charge in [-0.05, 0) is 22.9 Å². The van der Waals surface area contributed by atoms with E-state index >= 15 is 0 Å². The van der Waals surface area contributed by atoms with Gasteiger partial charge in [0.1, 0.15) is 6.10 Å². The lowest BCUT2D eigenvalue weighted by molar-refractivity contribution is 0.0391. The van der Waals surface area contributed by atoms with E-state index in [0.717, 1.165) is 17.1 Å². The van der Waals surface area contributed by atoms with Gasteiger partial charge in [-0.1, -0.05) is 37.6 Å². The molecular weight excluding hydrogens is 290 g/mol. The number of aromatic nitrogens is 2. The highest BCUT2D eigenvalue weighted by Crippen LogP contribution is 2.26. The minimum atomic E-state index is -0.00276. The van der Waals surface area contributed by atoms with E-state index in [1.807, 2.05) is 38.1 Å². The van der Waals surface area contributed by atoms with E-state index < -0.39 is 0 Å². The lowest BCUT2D eigenvalue weighted by Crippen LogP contribution is -2.39. The molecule has 1 atom stereocenters. The zero-order valence-corrected chi connectivity index (χ0v) is 12.9. The summed E-state index contributed by atoms with van der Waals surface area (Å²) in [4.78, 5) is 6.54. The van der Waals surface area contributed by atoms with Gasteiger partial charge in [0.25, 0.3) is 5.95 Å². The first kappa shape index (κ1) is 14.4. The summed E-state index contributed by atoms with van der Waals surface area (Å²) in [7, 11) is 0. The Morgan fingerprint density at radius 2 is 2.05 bits per heavy atom. The Balaban J connectivity index is 1.74. The second kappa shape index (κ2) is 6.03. The Morgan fingerprint density at radius 1 is 1.29 bits per heavy atom. The molecule has 112 valence electrons. The fraction of sp³-hybridized carbons (Fsp3) is 0.467. The molecule has 0 radical (unpaired) electrons. The van der Waals surface area contributed by atoms with E-state index in [-0.39, 0.29) is 12.0 Å². The maximum absolute atomic E-state index is 5.92. The Morgan fingerprint density at radius 3 is 2.71 bits per heavy atom. The number of halogens is 1. The van der Waals surface area contributed by atoms with E-state index in [2.05, 4.69) is 15.0 Å². The summed E-state index contributed by atoms with van der Waals surface area (Å²) in [5.41, 5.74) is 1.11. The van der Waals surface area contributed by atoms with E-state index in [4.69, 9.17) is 20.9 Å². The predicted octanol–water partition coefficient (Wildman–Crippen LogP) is 3.42. The number of morpholine rings is 1. The molecule has 0 bridgehead atoms. The third-order valence-electron chi connectivity index (χ3n) is 3.52. The summed E-state index contributed by atoms with van der Waals surface area (Å²) in [6.45, 7) is 6.18. The topological polar surface area (TPSA) is 51.4 Å². The zero-order valence-electron chi connectivity index (χ0n) is 12.1. The zero-order chi connectivity index (χ0) is 14.8. The van der Waals surface area contributed by atoms with Crippen molar-refractivity contribution in [3.05, 3.63) is 40.7 Å². The summed E-state index contributed by atoms with van der Waals surface area (Å²) in [6, 6.07) is 7.74. The van der Waals surface area contributed by atoms with Crippen LogP contribution in [0.4, 0.5) is 5.95 Å². The standard InChI is InChI=1S/C15H18ClN3O2/c1-10(2)14-17-15(18-21-14)19-7-8-20-13(9-19)11-3-5-12(16)6-4-11/h3-6,10,13H,7-9H2,1-2H3/t13-/m0/s1. The van der Waals surface area contributed by atoms with Crippen molar-refractivity contribution in [2.75, 3.05) is 24.6 Å². The molecule has 0 amide bonds. The van der Waals surface area contributed by atoms with Crippen molar-refractivity contribution in [2.24, 2.45) is 0 Å². The summed E-state index contributed by atoms with van der Waals surface area (Å²) < 4.78 is 11.1. The lowest BCUT2D eigenvalue weighted by Gasteiger charge is -2.32. The first-order valence-corrected chi connectivity index (χ1v) is 7.47. The van der Waals surface area contributed by atoms with Crippen molar-refractivity contribution in [1.29, 1.82) is 0 Å². The molecule has 6 heteroatoms. The first-order valence-electron chi connectivity index (χ1n) is 7.09. The Hall–Kier alpha value is -1.59. The molecule has 0 saturated carbocycles. The average Bonchev–Trinajstić information content (AvgIpc) is 2.98. The number of ether oxygens (including phenoxy) is 1. The van der Waals surface area contributed by atoms with Gasteiger partial charge in [-0.15, -0.1) is 0 Å². The molecule has 1 saturated heterocycles. The van der Waals surface area contributed by atoms with Gasteiger partial charge in [-0.25, -0.2) is 0 Å². The van der Waals surface area contributed by atoms with E-state index in [0.29, 0.717) is 25.0 Å². The van der Waals surface area contributed by atoms with Gasteiger partial charge in [-0.3, -0.25) is 0 Å². The van der Waals surface area contributed by atoms with Gasteiger partial charge in [0, 0.05) is 17.5 Å². The van der Waals surface area contributed by atoms with Gasteiger partial charge >= 0.3 is 0 Å². The van der Waals surface area contributed by atoms with Gasteiger partial charge in [0.15, 0.2) is 0 Å². The van der Waals surface area contributed by atoms with Crippen LogP contribution in [0.25, 0.3) is 0 Å². The van der Waals surface area contributed by atoms with Crippen molar-refractivity contribution in [3.63, 3.8) is 0 Å². The molecule has 0 unspecified atom stereocenters. The van der Waals surface area contributed by atoms with Crippen LogP contribution in [0, 0.1) is 0 Å².